The van der Waals surface area contributed by atoms with E-state index >= 15 is 0 Å². The summed E-state index contributed by atoms with van der Waals surface area (Å²) in [7, 11) is 0. The number of rotatable bonds is 1. The van der Waals surface area contributed by atoms with Crippen LogP contribution in [-0.2, 0) is 26.7 Å². The van der Waals surface area contributed by atoms with E-state index in [0.717, 1.165) is 11.0 Å². The van der Waals surface area contributed by atoms with Gasteiger partial charge < -0.3 is 4.57 Å². The smallest absolute Gasteiger partial charge is 0.144 e. The van der Waals surface area contributed by atoms with Crippen LogP contribution in [0.3, 0.4) is 0 Å². The van der Waals surface area contributed by atoms with Crippen molar-refractivity contribution in [2.45, 2.75) is 13.5 Å². The number of benzene rings is 2. The molecule has 0 fully saturated rings. The molecule has 20 heavy (non-hydrogen) atoms. The van der Waals surface area contributed by atoms with Gasteiger partial charge in [0.1, 0.15) is 17.5 Å². The van der Waals surface area contributed by atoms with Crippen molar-refractivity contribution in [1.82, 2.24) is 9.55 Å². The summed E-state index contributed by atoms with van der Waals surface area (Å²) in [5, 5.41) is 0. The molecule has 0 spiro atoms. The van der Waals surface area contributed by atoms with Crippen LogP contribution >= 0.6 is 0 Å². The number of halogens is 2. The Morgan fingerprint density at radius 3 is 2.65 bits per heavy atom. The largest absolute Gasteiger partial charge is 0.324 e. The van der Waals surface area contributed by atoms with Crippen LogP contribution in [0.4, 0.5) is 8.78 Å². The molecule has 5 heteroatoms. The van der Waals surface area contributed by atoms with Gasteiger partial charge in [0, 0.05) is 32.2 Å². The summed E-state index contributed by atoms with van der Waals surface area (Å²) >= 11 is 0. The van der Waals surface area contributed by atoms with Crippen molar-refractivity contribution < 1.29 is 28.9 Å². The van der Waals surface area contributed by atoms with E-state index in [2.05, 4.69) is 4.98 Å². The molecule has 103 valence electrons. The van der Waals surface area contributed by atoms with E-state index in [0.29, 0.717) is 23.5 Å². The maximum Gasteiger partial charge on any atom is 0.144 e. The van der Waals surface area contributed by atoms with Crippen molar-refractivity contribution in [3.8, 4) is 22.5 Å². The molecule has 4 bridgehead atoms. The zero-order valence-corrected chi connectivity index (χ0v) is 13.0. The molecule has 0 saturated heterocycles. The minimum atomic E-state index is -0.529. The molecule has 0 aliphatic carbocycles. The molecule has 1 aliphatic rings. The maximum absolute atomic E-state index is 14.5. The second-order valence-electron chi connectivity index (χ2n) is 4.64. The van der Waals surface area contributed by atoms with Crippen molar-refractivity contribution in [1.29, 1.82) is 0 Å². The molecule has 0 atom stereocenters. The average molecular weight is 448 g/mol. The Kier molecular flexibility index (Phi) is 2.99. The third-order valence-electron chi connectivity index (χ3n) is 3.68. The van der Waals surface area contributed by atoms with Gasteiger partial charge in [0.05, 0.1) is 22.2 Å². The van der Waals surface area contributed by atoms with E-state index in [1.54, 1.807) is 12.1 Å². The van der Waals surface area contributed by atoms with E-state index in [1.807, 2.05) is 17.6 Å². The van der Waals surface area contributed by atoms with E-state index in [-0.39, 0.29) is 25.7 Å². The Balaban J connectivity index is 0.00000121. The Hall–Kier alpha value is -1.58. The number of fused-ring (bicyclic) bond motifs is 5. The van der Waals surface area contributed by atoms with Gasteiger partial charge in [-0.3, -0.25) is 0 Å². The molecule has 1 aliphatic heterocycles. The topological polar surface area (TPSA) is 17.8 Å². The molecule has 3 aromatic rings. The van der Waals surface area contributed by atoms with E-state index in [9.17, 15) is 8.78 Å². The molecule has 4 rings (SSSR count). The van der Waals surface area contributed by atoms with Gasteiger partial charge in [-0.25, -0.2) is 13.8 Å². The predicted octanol–water partition coefficient (Wildman–Crippen LogP) is 3.98. The third-order valence-corrected chi connectivity index (χ3v) is 3.68. The SMILES string of the molecule is CCn1c2nc3cccc(c31)-c1c(F)ccc-2c1F.[Ir]. The number of hydrogen-bond donors (Lipinski definition) is 0. The summed E-state index contributed by atoms with van der Waals surface area (Å²) in [4.78, 5) is 4.48. The molecular weight excluding hydrogens is 438 g/mol. The monoisotopic (exact) mass is 449 g/mol. The number of aromatic nitrogens is 2. The third kappa shape index (κ3) is 1.48. The van der Waals surface area contributed by atoms with Crippen LogP contribution < -0.4 is 0 Å². The van der Waals surface area contributed by atoms with Crippen molar-refractivity contribution in [3.63, 3.8) is 0 Å². The van der Waals surface area contributed by atoms with Crippen molar-refractivity contribution >= 4 is 11.0 Å². The predicted molar refractivity (Wildman–Crippen MR) is 69.8 cm³/mol. The van der Waals surface area contributed by atoms with Gasteiger partial charge in [-0.1, -0.05) is 12.1 Å². The molecule has 1 radical (unpaired) electrons. The van der Waals surface area contributed by atoms with E-state index < -0.39 is 11.6 Å². The number of para-hydroxylation sites is 1. The van der Waals surface area contributed by atoms with Crippen LogP contribution in [-0.4, -0.2) is 9.55 Å². The van der Waals surface area contributed by atoms with Gasteiger partial charge in [0.15, 0.2) is 0 Å². The molecule has 2 heterocycles. The molecular formula is C15H10F2IrN2. The summed E-state index contributed by atoms with van der Waals surface area (Å²) in [6, 6.07) is 8.17. The Morgan fingerprint density at radius 2 is 1.90 bits per heavy atom. The number of imidazole rings is 1. The molecule has 0 N–H and O–H groups in total. The Morgan fingerprint density at radius 1 is 1.10 bits per heavy atom. The van der Waals surface area contributed by atoms with Gasteiger partial charge >= 0.3 is 0 Å². The van der Waals surface area contributed by atoms with Crippen LogP contribution in [0.5, 0.6) is 0 Å². The standard InChI is InChI=1S/C15H10F2N2.Ir/c1-2-19-14-8-4-3-5-11(14)18-15(19)9-6-7-10(16)12(8)13(9)17;/h3-7H,2H2,1H3;. The van der Waals surface area contributed by atoms with Crippen LogP contribution in [0, 0.1) is 11.6 Å². The number of aryl methyl sites for hydroxylation is 1. The fourth-order valence-electron chi connectivity index (χ4n) is 2.87. The zero-order valence-electron chi connectivity index (χ0n) is 10.6. The summed E-state index contributed by atoms with van der Waals surface area (Å²) in [5.74, 6) is -0.479. The van der Waals surface area contributed by atoms with Crippen LogP contribution in [0.25, 0.3) is 33.5 Å². The summed E-state index contributed by atoms with van der Waals surface area (Å²) < 4.78 is 30.4. The van der Waals surface area contributed by atoms with E-state index in [1.165, 1.54) is 12.1 Å². The second-order valence-corrected chi connectivity index (χ2v) is 4.64. The first-order chi connectivity index (χ1) is 9.22. The molecule has 0 unspecified atom stereocenters. The molecule has 0 saturated carbocycles. The number of nitrogens with zero attached hydrogens (tertiary/aromatic N) is 2. The fourth-order valence-corrected chi connectivity index (χ4v) is 2.87. The normalized spacial score (nSPS) is 11.6. The van der Waals surface area contributed by atoms with Crippen LogP contribution in [0.15, 0.2) is 30.3 Å². The Bertz CT molecular complexity index is 839. The van der Waals surface area contributed by atoms with Gasteiger partial charge in [-0.15, -0.1) is 0 Å². The molecule has 2 nitrogen and oxygen atoms in total. The fraction of sp³-hybridized carbons (Fsp3) is 0.133. The minimum Gasteiger partial charge on any atom is -0.324 e. The van der Waals surface area contributed by atoms with Gasteiger partial charge in [0.25, 0.3) is 0 Å². The minimum absolute atomic E-state index is 0. The summed E-state index contributed by atoms with van der Waals surface area (Å²) in [6.07, 6.45) is 0. The Labute approximate surface area is 127 Å². The second kappa shape index (κ2) is 4.47. The molecule has 0 amide bonds. The summed E-state index contributed by atoms with van der Waals surface area (Å²) in [6.45, 7) is 2.64. The zero-order chi connectivity index (χ0) is 13.1. The molecule has 2 aromatic carbocycles. The van der Waals surface area contributed by atoms with Crippen molar-refractivity contribution in [2.24, 2.45) is 0 Å². The first-order valence-corrected chi connectivity index (χ1v) is 6.20. The van der Waals surface area contributed by atoms with Crippen molar-refractivity contribution in [2.75, 3.05) is 0 Å². The average Bonchev–Trinajstić information content (AvgIpc) is 2.75. The van der Waals surface area contributed by atoms with E-state index in [4.69, 9.17) is 0 Å². The van der Waals surface area contributed by atoms with Crippen molar-refractivity contribution in [3.05, 3.63) is 42.0 Å². The molecule has 1 aromatic heterocycles. The first-order valence-electron chi connectivity index (χ1n) is 6.20. The van der Waals surface area contributed by atoms with Crippen LogP contribution in [0.2, 0.25) is 0 Å². The van der Waals surface area contributed by atoms with Gasteiger partial charge in [-0.05, 0) is 25.1 Å². The van der Waals surface area contributed by atoms with Gasteiger partial charge in [0.2, 0.25) is 0 Å². The quantitative estimate of drug-likeness (QED) is 0.431. The maximum atomic E-state index is 14.5. The van der Waals surface area contributed by atoms with Crippen LogP contribution in [0.1, 0.15) is 6.92 Å². The number of hydrogen-bond acceptors (Lipinski definition) is 1. The first kappa shape index (κ1) is 13.4. The summed E-state index contributed by atoms with van der Waals surface area (Å²) in [5.41, 5.74) is 2.58. The van der Waals surface area contributed by atoms with Gasteiger partial charge in [-0.2, -0.15) is 0 Å².